The molecule has 1 aliphatic rings. The lowest BCUT2D eigenvalue weighted by atomic mass is 10.1. The van der Waals surface area contributed by atoms with Crippen molar-refractivity contribution in [3.8, 4) is 5.75 Å². The van der Waals surface area contributed by atoms with Crippen LogP contribution in [-0.2, 0) is 0 Å². The molecule has 0 bridgehead atoms. The predicted octanol–water partition coefficient (Wildman–Crippen LogP) is 2.45. The van der Waals surface area contributed by atoms with Gasteiger partial charge in [-0.25, -0.2) is 0 Å². The standard InChI is InChI=1S/C12H12O2/c1-8-7-11(8)12(13)9-3-5-10(14-2)6-4-9/h3-6,11H,1,7H2,2H3. The molecule has 1 atom stereocenters. The molecular weight excluding hydrogens is 176 g/mol. The highest BCUT2D eigenvalue weighted by molar-refractivity contribution is 6.02. The summed E-state index contributed by atoms with van der Waals surface area (Å²) in [7, 11) is 1.61. The normalized spacial score (nSPS) is 19.2. The van der Waals surface area contributed by atoms with E-state index in [2.05, 4.69) is 6.58 Å². The Morgan fingerprint density at radius 2 is 2.00 bits per heavy atom. The molecule has 1 aromatic rings. The van der Waals surface area contributed by atoms with Gasteiger partial charge in [0.15, 0.2) is 5.78 Å². The maximum atomic E-state index is 11.7. The Morgan fingerprint density at radius 1 is 1.43 bits per heavy atom. The molecule has 0 saturated heterocycles. The second-order valence-corrected chi connectivity index (χ2v) is 3.51. The average Bonchev–Trinajstić information content (AvgIpc) is 2.95. The summed E-state index contributed by atoms with van der Waals surface area (Å²) in [5, 5.41) is 0. The number of hydrogen-bond acceptors (Lipinski definition) is 2. The Balaban J connectivity index is 2.16. The molecular formula is C12H12O2. The molecule has 2 rings (SSSR count). The van der Waals surface area contributed by atoms with Gasteiger partial charge in [-0.15, -0.1) is 0 Å². The molecule has 1 unspecified atom stereocenters. The first-order chi connectivity index (χ1) is 6.72. The summed E-state index contributed by atoms with van der Waals surface area (Å²) >= 11 is 0. The number of methoxy groups -OCH3 is 1. The van der Waals surface area contributed by atoms with Crippen molar-refractivity contribution >= 4 is 5.78 Å². The van der Waals surface area contributed by atoms with E-state index < -0.39 is 0 Å². The summed E-state index contributed by atoms with van der Waals surface area (Å²) in [6, 6.07) is 7.20. The SMILES string of the molecule is C=C1CC1C(=O)c1ccc(OC)cc1. The van der Waals surface area contributed by atoms with Crippen molar-refractivity contribution in [2.45, 2.75) is 6.42 Å². The predicted molar refractivity (Wildman–Crippen MR) is 54.6 cm³/mol. The van der Waals surface area contributed by atoms with Crippen LogP contribution >= 0.6 is 0 Å². The smallest absolute Gasteiger partial charge is 0.170 e. The van der Waals surface area contributed by atoms with Crippen molar-refractivity contribution in [1.82, 2.24) is 0 Å². The minimum Gasteiger partial charge on any atom is -0.497 e. The highest BCUT2D eigenvalue weighted by Gasteiger charge is 2.34. The van der Waals surface area contributed by atoms with Gasteiger partial charge in [0.25, 0.3) is 0 Å². The second kappa shape index (κ2) is 3.29. The zero-order chi connectivity index (χ0) is 10.1. The zero-order valence-corrected chi connectivity index (χ0v) is 8.12. The molecule has 72 valence electrons. The quantitative estimate of drug-likeness (QED) is 0.538. The van der Waals surface area contributed by atoms with Gasteiger partial charge in [0.1, 0.15) is 5.75 Å². The number of allylic oxidation sites excluding steroid dienone is 1. The van der Waals surface area contributed by atoms with Crippen LogP contribution in [0.25, 0.3) is 0 Å². The van der Waals surface area contributed by atoms with Crippen LogP contribution in [-0.4, -0.2) is 12.9 Å². The molecule has 1 fully saturated rings. The summed E-state index contributed by atoms with van der Waals surface area (Å²) in [6.45, 7) is 3.78. The van der Waals surface area contributed by atoms with Crippen molar-refractivity contribution in [3.05, 3.63) is 42.0 Å². The molecule has 0 amide bonds. The van der Waals surface area contributed by atoms with E-state index in [1.807, 2.05) is 0 Å². The summed E-state index contributed by atoms with van der Waals surface area (Å²) in [6.07, 6.45) is 0.852. The molecule has 1 saturated carbocycles. The van der Waals surface area contributed by atoms with E-state index in [0.717, 1.165) is 23.3 Å². The first kappa shape index (κ1) is 9.00. The van der Waals surface area contributed by atoms with E-state index in [0.29, 0.717) is 0 Å². The molecule has 2 heteroatoms. The molecule has 1 aliphatic carbocycles. The number of Topliss-reactive ketones (excluding diaryl/α,β-unsaturated/α-hetero) is 1. The molecule has 2 nitrogen and oxygen atoms in total. The Labute approximate surface area is 83.2 Å². The third-order valence-electron chi connectivity index (χ3n) is 2.49. The van der Waals surface area contributed by atoms with Gasteiger partial charge in [-0.1, -0.05) is 12.2 Å². The van der Waals surface area contributed by atoms with E-state index in [4.69, 9.17) is 4.74 Å². The summed E-state index contributed by atoms with van der Waals surface area (Å²) < 4.78 is 5.02. The van der Waals surface area contributed by atoms with E-state index in [1.54, 1.807) is 31.4 Å². The van der Waals surface area contributed by atoms with Crippen LogP contribution in [0.1, 0.15) is 16.8 Å². The van der Waals surface area contributed by atoms with E-state index in [1.165, 1.54) is 0 Å². The largest absolute Gasteiger partial charge is 0.497 e. The number of carbonyl (C=O) groups excluding carboxylic acids is 1. The summed E-state index contributed by atoms with van der Waals surface area (Å²) in [4.78, 5) is 11.7. The van der Waals surface area contributed by atoms with Gasteiger partial charge in [-0.3, -0.25) is 4.79 Å². The minimum absolute atomic E-state index is 0.0726. The zero-order valence-electron chi connectivity index (χ0n) is 8.12. The van der Waals surface area contributed by atoms with Crippen LogP contribution in [0, 0.1) is 5.92 Å². The first-order valence-electron chi connectivity index (χ1n) is 4.58. The van der Waals surface area contributed by atoms with Crippen LogP contribution < -0.4 is 4.74 Å². The Bertz CT molecular complexity index is 376. The lowest BCUT2D eigenvalue weighted by molar-refractivity contribution is 0.0972. The number of benzene rings is 1. The Kier molecular flexibility index (Phi) is 2.12. The van der Waals surface area contributed by atoms with Gasteiger partial charge in [-0.05, 0) is 30.7 Å². The summed E-state index contributed by atoms with van der Waals surface area (Å²) in [5.41, 5.74) is 1.79. The highest BCUT2D eigenvalue weighted by Crippen LogP contribution is 2.38. The van der Waals surface area contributed by atoms with Crippen molar-refractivity contribution in [2.24, 2.45) is 5.92 Å². The van der Waals surface area contributed by atoms with Crippen LogP contribution in [0.2, 0.25) is 0 Å². The first-order valence-corrected chi connectivity index (χ1v) is 4.58. The number of ketones is 1. The number of carbonyl (C=O) groups is 1. The molecule has 14 heavy (non-hydrogen) atoms. The van der Waals surface area contributed by atoms with Crippen LogP contribution in [0.5, 0.6) is 5.75 Å². The second-order valence-electron chi connectivity index (χ2n) is 3.51. The molecule has 0 aliphatic heterocycles. The highest BCUT2D eigenvalue weighted by atomic mass is 16.5. The fourth-order valence-corrected chi connectivity index (χ4v) is 1.44. The van der Waals surface area contributed by atoms with Crippen molar-refractivity contribution in [1.29, 1.82) is 0 Å². The van der Waals surface area contributed by atoms with Crippen LogP contribution in [0.15, 0.2) is 36.4 Å². The number of hydrogen-bond donors (Lipinski definition) is 0. The lowest BCUT2D eigenvalue weighted by Gasteiger charge is -2.01. The number of ether oxygens (including phenoxy) is 1. The third-order valence-corrected chi connectivity index (χ3v) is 2.49. The van der Waals surface area contributed by atoms with Gasteiger partial charge < -0.3 is 4.74 Å². The van der Waals surface area contributed by atoms with Gasteiger partial charge in [-0.2, -0.15) is 0 Å². The van der Waals surface area contributed by atoms with E-state index >= 15 is 0 Å². The monoisotopic (exact) mass is 188 g/mol. The van der Waals surface area contributed by atoms with E-state index in [9.17, 15) is 4.79 Å². The molecule has 0 radical (unpaired) electrons. The van der Waals surface area contributed by atoms with Crippen molar-refractivity contribution in [2.75, 3.05) is 7.11 Å². The van der Waals surface area contributed by atoms with Crippen molar-refractivity contribution < 1.29 is 9.53 Å². The lowest BCUT2D eigenvalue weighted by Crippen LogP contribution is -2.00. The topological polar surface area (TPSA) is 26.3 Å². The van der Waals surface area contributed by atoms with Gasteiger partial charge in [0.05, 0.1) is 7.11 Å². The molecule has 0 heterocycles. The molecule has 1 aromatic carbocycles. The maximum Gasteiger partial charge on any atom is 0.170 e. The minimum atomic E-state index is 0.0726. The van der Waals surface area contributed by atoms with Crippen LogP contribution in [0.3, 0.4) is 0 Å². The fraction of sp³-hybridized carbons (Fsp3) is 0.250. The third kappa shape index (κ3) is 1.55. The molecule has 0 spiro atoms. The van der Waals surface area contributed by atoms with Crippen molar-refractivity contribution in [3.63, 3.8) is 0 Å². The Hall–Kier alpha value is -1.57. The molecule has 0 aromatic heterocycles. The molecule has 0 N–H and O–H groups in total. The average molecular weight is 188 g/mol. The summed E-state index contributed by atoms with van der Waals surface area (Å²) in [5.74, 6) is 1.03. The van der Waals surface area contributed by atoms with Gasteiger partial charge in [0, 0.05) is 11.5 Å². The fourth-order valence-electron chi connectivity index (χ4n) is 1.44. The number of rotatable bonds is 3. The van der Waals surface area contributed by atoms with Crippen LogP contribution in [0.4, 0.5) is 0 Å². The van der Waals surface area contributed by atoms with Gasteiger partial charge in [0.2, 0.25) is 0 Å². The Morgan fingerprint density at radius 3 is 2.43 bits per heavy atom. The van der Waals surface area contributed by atoms with Gasteiger partial charge >= 0.3 is 0 Å². The maximum absolute atomic E-state index is 11.7. The van der Waals surface area contributed by atoms with E-state index in [-0.39, 0.29) is 11.7 Å².